The molecule has 0 radical (unpaired) electrons. The van der Waals surface area contributed by atoms with Crippen molar-refractivity contribution in [2.45, 2.75) is 45.3 Å². The van der Waals surface area contributed by atoms with Crippen LogP contribution >= 0.6 is 0 Å². The van der Waals surface area contributed by atoms with E-state index in [-0.39, 0.29) is 5.41 Å². The largest absolute Gasteiger partial charge is 0.387 e. The Hall–Kier alpha value is -1.55. The summed E-state index contributed by atoms with van der Waals surface area (Å²) in [4.78, 5) is 3.99. The summed E-state index contributed by atoms with van der Waals surface area (Å²) in [5.41, 5.74) is 0.475. The second-order valence-corrected chi connectivity index (χ2v) is 6.31. The molecule has 3 N–H and O–H groups in total. The van der Waals surface area contributed by atoms with Gasteiger partial charge >= 0.3 is 0 Å². The van der Waals surface area contributed by atoms with Crippen LogP contribution in [0.3, 0.4) is 0 Å². The van der Waals surface area contributed by atoms with E-state index in [4.69, 9.17) is 0 Å². The third kappa shape index (κ3) is 3.31. The molecule has 110 valence electrons. The van der Waals surface area contributed by atoms with E-state index in [0.29, 0.717) is 13.1 Å². The summed E-state index contributed by atoms with van der Waals surface area (Å²) >= 11 is 0. The second kappa shape index (κ2) is 5.83. The standard InChI is InChI=1S/C16H25N3O/c1-13(18-11-14-5-9-17-10-6-14)19-12-16(20)8-4-7-15(16,2)3/h5-6,9-10,18-20H,1,4,7-8,11-12H2,2-3H3. The summed E-state index contributed by atoms with van der Waals surface area (Å²) in [6.07, 6.45) is 6.56. The van der Waals surface area contributed by atoms with Crippen molar-refractivity contribution in [1.29, 1.82) is 0 Å². The zero-order valence-corrected chi connectivity index (χ0v) is 12.4. The quantitative estimate of drug-likeness (QED) is 0.745. The lowest BCUT2D eigenvalue weighted by molar-refractivity contribution is -0.0393. The number of nitrogens with one attached hydrogen (secondary N) is 2. The molecule has 4 nitrogen and oxygen atoms in total. The van der Waals surface area contributed by atoms with Crippen molar-refractivity contribution in [2.75, 3.05) is 6.54 Å². The van der Waals surface area contributed by atoms with E-state index in [1.165, 1.54) is 0 Å². The van der Waals surface area contributed by atoms with Crippen LogP contribution in [0.4, 0.5) is 0 Å². The Kier molecular flexibility index (Phi) is 4.33. The Balaban J connectivity index is 1.78. The highest BCUT2D eigenvalue weighted by atomic mass is 16.3. The average molecular weight is 275 g/mol. The number of aromatic nitrogens is 1. The summed E-state index contributed by atoms with van der Waals surface area (Å²) in [6.45, 7) is 9.48. The van der Waals surface area contributed by atoms with Crippen molar-refractivity contribution in [3.8, 4) is 0 Å². The second-order valence-electron chi connectivity index (χ2n) is 6.31. The van der Waals surface area contributed by atoms with Crippen molar-refractivity contribution < 1.29 is 5.11 Å². The smallest absolute Gasteiger partial charge is 0.0916 e. The molecule has 1 fully saturated rings. The molecule has 4 heteroatoms. The van der Waals surface area contributed by atoms with Crippen LogP contribution < -0.4 is 10.6 Å². The molecule has 1 aliphatic carbocycles. The SMILES string of the molecule is C=C(NCc1ccncc1)NCC1(O)CCCC1(C)C. The van der Waals surface area contributed by atoms with Crippen molar-refractivity contribution in [1.82, 2.24) is 15.6 Å². The van der Waals surface area contributed by atoms with E-state index in [2.05, 4.69) is 36.0 Å². The van der Waals surface area contributed by atoms with E-state index in [0.717, 1.165) is 30.6 Å². The van der Waals surface area contributed by atoms with Gasteiger partial charge in [-0.1, -0.05) is 20.4 Å². The first kappa shape index (κ1) is 14.9. The number of aliphatic hydroxyl groups is 1. The lowest BCUT2D eigenvalue weighted by atomic mass is 9.78. The van der Waals surface area contributed by atoms with Crippen molar-refractivity contribution >= 4 is 0 Å². The van der Waals surface area contributed by atoms with Crippen molar-refractivity contribution in [3.63, 3.8) is 0 Å². The number of pyridine rings is 1. The fourth-order valence-corrected chi connectivity index (χ4v) is 2.75. The van der Waals surface area contributed by atoms with E-state index >= 15 is 0 Å². The summed E-state index contributed by atoms with van der Waals surface area (Å²) in [6, 6.07) is 3.93. The van der Waals surface area contributed by atoms with Gasteiger partial charge in [-0.3, -0.25) is 4.98 Å². The van der Waals surface area contributed by atoms with Gasteiger partial charge in [-0.15, -0.1) is 0 Å². The minimum absolute atomic E-state index is 0.0363. The normalized spacial score (nSPS) is 24.4. The molecule has 0 aromatic carbocycles. The Labute approximate surface area is 121 Å². The minimum atomic E-state index is -0.645. The average Bonchev–Trinajstić information content (AvgIpc) is 2.70. The van der Waals surface area contributed by atoms with Gasteiger partial charge in [0.05, 0.1) is 11.4 Å². The van der Waals surface area contributed by atoms with Crippen LogP contribution in [0.25, 0.3) is 0 Å². The summed E-state index contributed by atoms with van der Waals surface area (Å²) in [7, 11) is 0. The van der Waals surface area contributed by atoms with Gasteiger partial charge in [0.25, 0.3) is 0 Å². The van der Waals surface area contributed by atoms with Gasteiger partial charge < -0.3 is 15.7 Å². The number of hydrogen-bond donors (Lipinski definition) is 3. The third-order valence-electron chi connectivity index (χ3n) is 4.50. The molecule has 1 heterocycles. The summed E-state index contributed by atoms with van der Waals surface area (Å²) in [5.74, 6) is 0.748. The molecule has 0 spiro atoms. The van der Waals surface area contributed by atoms with Crippen LogP contribution in [-0.2, 0) is 6.54 Å². The van der Waals surface area contributed by atoms with Crippen LogP contribution in [0, 0.1) is 5.41 Å². The van der Waals surface area contributed by atoms with Crippen LogP contribution in [0.15, 0.2) is 36.9 Å². The van der Waals surface area contributed by atoms with Gasteiger partial charge in [-0.25, -0.2) is 0 Å². The molecule has 2 rings (SSSR count). The Morgan fingerprint density at radius 3 is 2.60 bits per heavy atom. The van der Waals surface area contributed by atoms with Gasteiger partial charge in [0.1, 0.15) is 0 Å². The predicted molar refractivity (Wildman–Crippen MR) is 80.8 cm³/mol. The topological polar surface area (TPSA) is 57.2 Å². The molecule has 0 saturated heterocycles. The lowest BCUT2D eigenvalue weighted by Crippen LogP contribution is -2.49. The van der Waals surface area contributed by atoms with E-state index < -0.39 is 5.60 Å². The first-order valence-electron chi connectivity index (χ1n) is 7.21. The van der Waals surface area contributed by atoms with Crippen LogP contribution in [0.2, 0.25) is 0 Å². The maximum absolute atomic E-state index is 10.7. The number of nitrogens with zero attached hydrogens (tertiary/aromatic N) is 1. The first-order chi connectivity index (χ1) is 9.43. The fraction of sp³-hybridized carbons (Fsp3) is 0.562. The molecular weight excluding hydrogens is 250 g/mol. The lowest BCUT2D eigenvalue weighted by Gasteiger charge is -2.37. The third-order valence-corrected chi connectivity index (χ3v) is 4.50. The summed E-state index contributed by atoms with van der Waals surface area (Å²) < 4.78 is 0. The maximum Gasteiger partial charge on any atom is 0.0916 e. The highest BCUT2D eigenvalue weighted by Crippen LogP contribution is 2.45. The maximum atomic E-state index is 10.7. The minimum Gasteiger partial charge on any atom is -0.387 e. The molecule has 20 heavy (non-hydrogen) atoms. The molecule has 1 atom stereocenters. The molecule has 1 unspecified atom stereocenters. The van der Waals surface area contributed by atoms with Gasteiger partial charge in [0.2, 0.25) is 0 Å². The van der Waals surface area contributed by atoms with E-state index in [1.807, 2.05) is 12.1 Å². The fourth-order valence-electron chi connectivity index (χ4n) is 2.75. The van der Waals surface area contributed by atoms with Crippen LogP contribution in [0.5, 0.6) is 0 Å². The highest BCUT2D eigenvalue weighted by molar-refractivity contribution is 5.11. The van der Waals surface area contributed by atoms with Crippen LogP contribution in [0.1, 0.15) is 38.7 Å². The molecule has 0 bridgehead atoms. The van der Waals surface area contributed by atoms with Gasteiger partial charge in [-0.2, -0.15) is 0 Å². The molecular formula is C16H25N3O. The van der Waals surface area contributed by atoms with Crippen molar-refractivity contribution in [3.05, 3.63) is 42.5 Å². The van der Waals surface area contributed by atoms with Gasteiger partial charge in [0.15, 0.2) is 0 Å². The molecule has 1 saturated carbocycles. The summed E-state index contributed by atoms with van der Waals surface area (Å²) in [5, 5.41) is 17.2. The number of rotatable bonds is 6. The highest BCUT2D eigenvalue weighted by Gasteiger charge is 2.47. The zero-order chi connectivity index (χ0) is 14.6. The van der Waals surface area contributed by atoms with E-state index in [9.17, 15) is 5.11 Å². The number of hydrogen-bond acceptors (Lipinski definition) is 4. The predicted octanol–water partition coefficient (Wildman–Crippen LogP) is 2.17. The van der Waals surface area contributed by atoms with Crippen LogP contribution in [-0.4, -0.2) is 22.2 Å². The Bertz CT molecular complexity index is 458. The molecule has 1 aromatic heterocycles. The van der Waals surface area contributed by atoms with Gasteiger partial charge in [0, 0.05) is 25.5 Å². The first-order valence-corrected chi connectivity index (χ1v) is 7.21. The van der Waals surface area contributed by atoms with Crippen molar-refractivity contribution in [2.24, 2.45) is 5.41 Å². The monoisotopic (exact) mass is 275 g/mol. The Morgan fingerprint density at radius 1 is 1.30 bits per heavy atom. The zero-order valence-electron chi connectivity index (χ0n) is 12.4. The molecule has 0 aliphatic heterocycles. The molecule has 1 aromatic rings. The Morgan fingerprint density at radius 2 is 2.00 bits per heavy atom. The van der Waals surface area contributed by atoms with Gasteiger partial charge in [-0.05, 0) is 42.4 Å². The van der Waals surface area contributed by atoms with E-state index in [1.54, 1.807) is 12.4 Å². The molecule has 1 aliphatic rings. The molecule has 0 amide bonds.